The van der Waals surface area contributed by atoms with E-state index in [4.69, 9.17) is 27.6 Å². The molecular formula is C15H7Cl2N3O2S. The van der Waals surface area contributed by atoms with Gasteiger partial charge in [-0.3, -0.25) is 4.79 Å². The van der Waals surface area contributed by atoms with E-state index in [0.717, 1.165) is 0 Å². The van der Waals surface area contributed by atoms with Crippen molar-refractivity contribution in [3.63, 3.8) is 0 Å². The Morgan fingerprint density at radius 1 is 1.17 bits per heavy atom. The van der Waals surface area contributed by atoms with Crippen LogP contribution in [0.25, 0.3) is 22.6 Å². The van der Waals surface area contributed by atoms with Gasteiger partial charge in [-0.15, -0.1) is 5.10 Å². The average Bonchev–Trinajstić information content (AvgIpc) is 3.22. The SMILES string of the molecule is O=c1/c(=C/c2c(Cl)cccc2Cl)sc2nc(-c3ccco3)nn12. The van der Waals surface area contributed by atoms with Crippen LogP contribution >= 0.6 is 34.5 Å². The molecule has 23 heavy (non-hydrogen) atoms. The van der Waals surface area contributed by atoms with Crippen molar-refractivity contribution < 1.29 is 4.42 Å². The van der Waals surface area contributed by atoms with Crippen molar-refractivity contribution in [3.05, 3.63) is 67.1 Å². The summed E-state index contributed by atoms with van der Waals surface area (Å²) in [5, 5.41) is 5.14. The van der Waals surface area contributed by atoms with E-state index < -0.39 is 0 Å². The molecule has 0 atom stereocenters. The predicted molar refractivity (Wildman–Crippen MR) is 90.1 cm³/mol. The third kappa shape index (κ3) is 2.45. The molecule has 5 nitrogen and oxygen atoms in total. The van der Waals surface area contributed by atoms with Gasteiger partial charge in [0.2, 0.25) is 10.8 Å². The van der Waals surface area contributed by atoms with Crippen LogP contribution in [0, 0.1) is 0 Å². The predicted octanol–water partition coefficient (Wildman–Crippen LogP) is 3.27. The van der Waals surface area contributed by atoms with Gasteiger partial charge in [-0.2, -0.15) is 9.50 Å². The topological polar surface area (TPSA) is 60.4 Å². The van der Waals surface area contributed by atoms with E-state index in [0.29, 0.717) is 36.7 Å². The highest BCUT2D eigenvalue weighted by Crippen LogP contribution is 2.25. The molecule has 0 unspecified atom stereocenters. The fourth-order valence-corrected chi connectivity index (χ4v) is 3.52. The Morgan fingerprint density at radius 2 is 1.96 bits per heavy atom. The molecule has 0 aliphatic rings. The standard InChI is InChI=1S/C15H7Cl2N3O2S/c16-9-3-1-4-10(17)8(9)7-12-14(21)20-15(23-12)18-13(19-20)11-5-2-6-22-11/h1-7H/b12-7-. The van der Waals surface area contributed by atoms with Crippen molar-refractivity contribution >= 4 is 45.6 Å². The van der Waals surface area contributed by atoms with Gasteiger partial charge in [0.05, 0.1) is 10.8 Å². The van der Waals surface area contributed by atoms with Crippen molar-refractivity contribution in [1.29, 1.82) is 0 Å². The second-order valence-corrected chi connectivity index (χ2v) is 6.48. The van der Waals surface area contributed by atoms with E-state index in [2.05, 4.69) is 10.1 Å². The first kappa shape index (κ1) is 14.4. The third-order valence-corrected chi connectivity index (χ3v) is 4.82. The zero-order chi connectivity index (χ0) is 16.0. The molecule has 8 heteroatoms. The summed E-state index contributed by atoms with van der Waals surface area (Å²) in [6.07, 6.45) is 3.18. The minimum absolute atomic E-state index is 0.272. The van der Waals surface area contributed by atoms with Gasteiger partial charge in [0.1, 0.15) is 0 Å². The summed E-state index contributed by atoms with van der Waals surface area (Å²) in [7, 11) is 0. The maximum atomic E-state index is 12.5. The molecule has 0 N–H and O–H groups in total. The van der Waals surface area contributed by atoms with Gasteiger partial charge in [0, 0.05) is 15.6 Å². The summed E-state index contributed by atoms with van der Waals surface area (Å²) in [5.41, 5.74) is 0.329. The molecule has 0 fully saturated rings. The minimum atomic E-state index is -0.272. The monoisotopic (exact) mass is 363 g/mol. The van der Waals surface area contributed by atoms with E-state index in [1.807, 2.05) is 0 Å². The number of thiazole rings is 1. The number of halogens is 2. The molecule has 0 aliphatic carbocycles. The summed E-state index contributed by atoms with van der Waals surface area (Å²) < 4.78 is 6.95. The van der Waals surface area contributed by atoms with Gasteiger partial charge < -0.3 is 4.42 Å². The van der Waals surface area contributed by atoms with E-state index >= 15 is 0 Å². The van der Waals surface area contributed by atoms with Crippen molar-refractivity contribution in [1.82, 2.24) is 14.6 Å². The quantitative estimate of drug-likeness (QED) is 0.548. The van der Waals surface area contributed by atoms with Crippen LogP contribution in [0.4, 0.5) is 0 Å². The molecule has 0 radical (unpaired) electrons. The number of nitrogens with zero attached hydrogens (tertiary/aromatic N) is 3. The molecule has 3 heterocycles. The molecule has 0 bridgehead atoms. The Bertz CT molecular complexity index is 1100. The molecule has 0 amide bonds. The van der Waals surface area contributed by atoms with Gasteiger partial charge in [-0.05, 0) is 30.3 Å². The van der Waals surface area contributed by atoms with Gasteiger partial charge in [0.15, 0.2) is 5.76 Å². The number of rotatable bonds is 2. The number of benzene rings is 1. The highest BCUT2D eigenvalue weighted by atomic mass is 35.5. The Kier molecular flexibility index (Phi) is 3.45. The van der Waals surface area contributed by atoms with Crippen LogP contribution in [-0.2, 0) is 0 Å². The van der Waals surface area contributed by atoms with Gasteiger partial charge in [0.25, 0.3) is 5.56 Å². The van der Waals surface area contributed by atoms with Gasteiger partial charge in [-0.1, -0.05) is 40.6 Å². The Balaban J connectivity index is 1.90. The van der Waals surface area contributed by atoms with E-state index in [1.54, 1.807) is 36.4 Å². The molecular weight excluding hydrogens is 357 g/mol. The van der Waals surface area contributed by atoms with Gasteiger partial charge in [-0.25, -0.2) is 0 Å². The summed E-state index contributed by atoms with van der Waals surface area (Å²) in [5.74, 6) is 0.889. The molecule has 0 aliphatic heterocycles. The molecule has 1 aromatic carbocycles. The second-order valence-electron chi connectivity index (χ2n) is 4.66. The highest BCUT2D eigenvalue weighted by molar-refractivity contribution is 7.15. The lowest BCUT2D eigenvalue weighted by molar-refractivity contribution is 0.577. The first-order valence-corrected chi connectivity index (χ1v) is 8.10. The summed E-state index contributed by atoms with van der Waals surface area (Å²) in [6.45, 7) is 0. The largest absolute Gasteiger partial charge is 0.461 e. The van der Waals surface area contributed by atoms with E-state index in [-0.39, 0.29) is 5.56 Å². The average molecular weight is 364 g/mol. The summed E-state index contributed by atoms with van der Waals surface area (Å²) in [4.78, 5) is 17.3. The molecule has 3 aromatic heterocycles. The van der Waals surface area contributed by atoms with Crippen molar-refractivity contribution in [2.45, 2.75) is 0 Å². The third-order valence-electron chi connectivity index (χ3n) is 3.20. The molecule has 4 rings (SSSR count). The molecule has 0 spiro atoms. The van der Waals surface area contributed by atoms with Crippen LogP contribution in [-0.4, -0.2) is 14.6 Å². The highest BCUT2D eigenvalue weighted by Gasteiger charge is 2.14. The van der Waals surface area contributed by atoms with Crippen LogP contribution in [0.15, 0.2) is 45.8 Å². The Morgan fingerprint density at radius 3 is 2.61 bits per heavy atom. The fourth-order valence-electron chi connectivity index (χ4n) is 2.12. The molecule has 0 saturated heterocycles. The number of hydrogen-bond donors (Lipinski definition) is 0. The van der Waals surface area contributed by atoms with Crippen LogP contribution in [0.3, 0.4) is 0 Å². The van der Waals surface area contributed by atoms with Crippen molar-refractivity contribution in [2.24, 2.45) is 0 Å². The normalized spacial score (nSPS) is 12.3. The molecule has 114 valence electrons. The van der Waals surface area contributed by atoms with Crippen LogP contribution in [0.1, 0.15) is 5.56 Å². The first-order valence-electron chi connectivity index (χ1n) is 6.52. The van der Waals surface area contributed by atoms with Crippen LogP contribution < -0.4 is 10.1 Å². The summed E-state index contributed by atoms with van der Waals surface area (Å²) in [6, 6.07) is 8.66. The van der Waals surface area contributed by atoms with Crippen molar-refractivity contribution in [2.75, 3.05) is 0 Å². The Labute approximate surface area is 143 Å². The maximum absolute atomic E-state index is 12.5. The number of aromatic nitrogens is 3. The van der Waals surface area contributed by atoms with Crippen LogP contribution in [0.2, 0.25) is 10.0 Å². The van der Waals surface area contributed by atoms with E-state index in [9.17, 15) is 4.79 Å². The zero-order valence-electron chi connectivity index (χ0n) is 11.4. The van der Waals surface area contributed by atoms with Gasteiger partial charge >= 0.3 is 0 Å². The summed E-state index contributed by atoms with van der Waals surface area (Å²) >= 11 is 13.5. The lowest BCUT2D eigenvalue weighted by Crippen LogP contribution is -2.23. The van der Waals surface area contributed by atoms with Crippen LogP contribution in [0.5, 0.6) is 0 Å². The molecule has 0 saturated carbocycles. The second kappa shape index (κ2) is 5.49. The number of furan rings is 1. The lowest BCUT2D eigenvalue weighted by Gasteiger charge is -1.99. The maximum Gasteiger partial charge on any atom is 0.291 e. The number of fused-ring (bicyclic) bond motifs is 1. The molecule has 4 aromatic rings. The zero-order valence-corrected chi connectivity index (χ0v) is 13.7. The van der Waals surface area contributed by atoms with Crippen molar-refractivity contribution in [3.8, 4) is 11.6 Å². The fraction of sp³-hybridized carbons (Fsp3) is 0. The lowest BCUT2D eigenvalue weighted by atomic mass is 10.2. The first-order chi connectivity index (χ1) is 11.1. The smallest absolute Gasteiger partial charge is 0.291 e. The number of hydrogen-bond acceptors (Lipinski definition) is 5. The Hall–Kier alpha value is -2.15. The minimum Gasteiger partial charge on any atom is -0.461 e. The van der Waals surface area contributed by atoms with E-state index in [1.165, 1.54) is 22.1 Å².